The molecule has 0 bridgehead atoms. The average Bonchev–Trinajstić information content (AvgIpc) is 3.15. The van der Waals surface area contributed by atoms with Crippen LogP contribution < -0.4 is 5.32 Å². The van der Waals surface area contributed by atoms with E-state index in [0.717, 1.165) is 38.2 Å². The van der Waals surface area contributed by atoms with Gasteiger partial charge >= 0.3 is 0 Å². The summed E-state index contributed by atoms with van der Waals surface area (Å²) >= 11 is 0. The van der Waals surface area contributed by atoms with Crippen molar-refractivity contribution in [3.8, 4) is 11.3 Å². The second kappa shape index (κ2) is 8.22. The lowest BCUT2D eigenvalue weighted by atomic mass is 10.1. The standard InChI is InChI=1S/C21H22FN5/c22-19-8-6-18(7-9-19)20-13-24-26-21(25-20)23-12-17-10-11-27(15-17)14-16-4-2-1-3-5-16/h1-9,13,17H,10-12,14-15H2,(H,23,25,26)/t17-/m0/s1. The van der Waals surface area contributed by atoms with Crippen molar-refractivity contribution in [3.05, 3.63) is 72.2 Å². The molecule has 1 saturated heterocycles. The fourth-order valence-corrected chi connectivity index (χ4v) is 3.44. The maximum Gasteiger partial charge on any atom is 0.243 e. The number of hydrogen-bond donors (Lipinski definition) is 1. The molecule has 0 radical (unpaired) electrons. The van der Waals surface area contributed by atoms with Crippen LogP contribution in [0.3, 0.4) is 0 Å². The highest BCUT2D eigenvalue weighted by molar-refractivity contribution is 5.58. The molecule has 1 fully saturated rings. The predicted molar refractivity (Wildman–Crippen MR) is 104 cm³/mol. The van der Waals surface area contributed by atoms with E-state index in [-0.39, 0.29) is 5.82 Å². The molecular weight excluding hydrogens is 341 g/mol. The van der Waals surface area contributed by atoms with Crippen LogP contribution in [0.15, 0.2) is 60.8 Å². The maximum atomic E-state index is 13.1. The van der Waals surface area contributed by atoms with Crippen molar-refractivity contribution in [2.45, 2.75) is 13.0 Å². The van der Waals surface area contributed by atoms with Gasteiger partial charge in [-0.3, -0.25) is 4.90 Å². The van der Waals surface area contributed by atoms with E-state index in [1.807, 2.05) is 6.07 Å². The molecule has 1 aliphatic rings. The molecule has 4 rings (SSSR count). The van der Waals surface area contributed by atoms with Crippen molar-refractivity contribution < 1.29 is 4.39 Å². The lowest BCUT2D eigenvalue weighted by Gasteiger charge is -2.16. The first-order valence-corrected chi connectivity index (χ1v) is 9.22. The zero-order valence-corrected chi connectivity index (χ0v) is 15.1. The normalized spacial score (nSPS) is 17.1. The Hall–Kier alpha value is -2.86. The monoisotopic (exact) mass is 363 g/mol. The first kappa shape index (κ1) is 17.5. The molecule has 1 atom stereocenters. The first-order valence-electron chi connectivity index (χ1n) is 9.22. The third-order valence-corrected chi connectivity index (χ3v) is 4.87. The van der Waals surface area contributed by atoms with E-state index in [2.05, 4.69) is 49.7 Å². The number of aromatic nitrogens is 3. The van der Waals surface area contributed by atoms with Crippen LogP contribution >= 0.6 is 0 Å². The van der Waals surface area contributed by atoms with Gasteiger partial charge in [0.15, 0.2) is 0 Å². The molecule has 2 heterocycles. The predicted octanol–water partition coefficient (Wildman–Crippen LogP) is 3.61. The fourth-order valence-electron chi connectivity index (χ4n) is 3.44. The van der Waals surface area contributed by atoms with Crippen molar-refractivity contribution >= 4 is 5.95 Å². The Kier molecular flexibility index (Phi) is 5.34. The minimum absolute atomic E-state index is 0.264. The molecule has 0 aliphatic carbocycles. The molecule has 0 unspecified atom stereocenters. The molecule has 6 heteroatoms. The summed E-state index contributed by atoms with van der Waals surface area (Å²) in [5, 5.41) is 11.4. The van der Waals surface area contributed by atoms with E-state index in [0.29, 0.717) is 17.6 Å². The van der Waals surface area contributed by atoms with Crippen LogP contribution in [0, 0.1) is 11.7 Å². The van der Waals surface area contributed by atoms with E-state index >= 15 is 0 Å². The average molecular weight is 363 g/mol. The molecule has 0 amide bonds. The SMILES string of the molecule is Fc1ccc(-c2cnnc(NC[C@@H]3CCN(Cc4ccccc4)C3)n2)cc1. The van der Waals surface area contributed by atoms with Gasteiger partial charge < -0.3 is 5.32 Å². The summed E-state index contributed by atoms with van der Waals surface area (Å²) in [6, 6.07) is 16.8. The minimum Gasteiger partial charge on any atom is -0.353 e. The highest BCUT2D eigenvalue weighted by atomic mass is 19.1. The molecular formula is C21H22FN5. The van der Waals surface area contributed by atoms with Crippen LogP contribution in [-0.2, 0) is 6.54 Å². The summed E-state index contributed by atoms with van der Waals surface area (Å²) in [7, 11) is 0. The van der Waals surface area contributed by atoms with E-state index < -0.39 is 0 Å². The summed E-state index contributed by atoms with van der Waals surface area (Å²) in [6.07, 6.45) is 2.75. The molecule has 1 aliphatic heterocycles. The molecule has 2 aromatic carbocycles. The van der Waals surface area contributed by atoms with Gasteiger partial charge in [-0.25, -0.2) is 9.37 Å². The smallest absolute Gasteiger partial charge is 0.243 e. The molecule has 138 valence electrons. The van der Waals surface area contributed by atoms with Crippen LogP contribution in [0.5, 0.6) is 0 Å². The fraction of sp³-hybridized carbons (Fsp3) is 0.286. The molecule has 0 saturated carbocycles. The number of rotatable bonds is 6. The largest absolute Gasteiger partial charge is 0.353 e. The lowest BCUT2D eigenvalue weighted by Crippen LogP contribution is -2.23. The number of hydrogen-bond acceptors (Lipinski definition) is 5. The number of halogens is 1. The van der Waals surface area contributed by atoms with Crippen LogP contribution in [0.1, 0.15) is 12.0 Å². The van der Waals surface area contributed by atoms with Gasteiger partial charge in [-0.15, -0.1) is 5.10 Å². The second-order valence-corrected chi connectivity index (χ2v) is 6.93. The Morgan fingerprint density at radius 1 is 1.07 bits per heavy atom. The van der Waals surface area contributed by atoms with E-state index in [9.17, 15) is 4.39 Å². The zero-order valence-electron chi connectivity index (χ0n) is 15.1. The van der Waals surface area contributed by atoms with Crippen molar-refractivity contribution in [1.29, 1.82) is 0 Å². The number of anilines is 1. The highest BCUT2D eigenvalue weighted by Gasteiger charge is 2.22. The van der Waals surface area contributed by atoms with Gasteiger partial charge in [0.2, 0.25) is 5.95 Å². The number of benzene rings is 2. The third-order valence-electron chi connectivity index (χ3n) is 4.87. The number of nitrogens with one attached hydrogen (secondary N) is 1. The van der Waals surface area contributed by atoms with Crippen molar-refractivity contribution in [2.75, 3.05) is 25.0 Å². The first-order chi connectivity index (χ1) is 13.3. The third kappa shape index (κ3) is 4.65. The molecule has 0 spiro atoms. The van der Waals surface area contributed by atoms with Gasteiger partial charge in [0, 0.05) is 25.2 Å². The second-order valence-electron chi connectivity index (χ2n) is 6.93. The summed E-state index contributed by atoms with van der Waals surface area (Å²) in [6.45, 7) is 3.98. The van der Waals surface area contributed by atoms with Gasteiger partial charge in [0.05, 0.1) is 11.9 Å². The van der Waals surface area contributed by atoms with Crippen LogP contribution in [0.25, 0.3) is 11.3 Å². The van der Waals surface area contributed by atoms with Crippen molar-refractivity contribution in [1.82, 2.24) is 20.1 Å². The Morgan fingerprint density at radius 3 is 2.70 bits per heavy atom. The van der Waals surface area contributed by atoms with Crippen LogP contribution in [0.4, 0.5) is 10.3 Å². The minimum atomic E-state index is -0.264. The van der Waals surface area contributed by atoms with Gasteiger partial charge in [0.25, 0.3) is 0 Å². The maximum absolute atomic E-state index is 13.1. The van der Waals surface area contributed by atoms with Crippen molar-refractivity contribution in [2.24, 2.45) is 5.92 Å². The molecule has 1 aromatic heterocycles. The van der Waals surface area contributed by atoms with Gasteiger partial charge in [-0.1, -0.05) is 30.3 Å². The van der Waals surface area contributed by atoms with E-state index in [1.54, 1.807) is 18.3 Å². The Labute approximate surface area is 158 Å². The summed E-state index contributed by atoms with van der Waals surface area (Å²) in [4.78, 5) is 6.98. The summed E-state index contributed by atoms with van der Waals surface area (Å²) in [5.74, 6) is 0.811. The van der Waals surface area contributed by atoms with Gasteiger partial charge in [-0.05, 0) is 48.7 Å². The summed E-state index contributed by atoms with van der Waals surface area (Å²) in [5.41, 5.74) is 2.86. The molecule has 27 heavy (non-hydrogen) atoms. The topological polar surface area (TPSA) is 53.9 Å². The Bertz CT molecular complexity index is 869. The quantitative estimate of drug-likeness (QED) is 0.725. The van der Waals surface area contributed by atoms with E-state index in [4.69, 9.17) is 0 Å². The zero-order chi connectivity index (χ0) is 18.5. The molecule has 3 aromatic rings. The number of likely N-dealkylation sites (tertiary alicyclic amines) is 1. The highest BCUT2D eigenvalue weighted by Crippen LogP contribution is 2.20. The van der Waals surface area contributed by atoms with E-state index in [1.165, 1.54) is 17.7 Å². The van der Waals surface area contributed by atoms with Gasteiger partial charge in [-0.2, -0.15) is 5.10 Å². The van der Waals surface area contributed by atoms with Crippen LogP contribution in [-0.4, -0.2) is 39.7 Å². The molecule has 5 nitrogen and oxygen atoms in total. The van der Waals surface area contributed by atoms with Crippen molar-refractivity contribution in [3.63, 3.8) is 0 Å². The van der Waals surface area contributed by atoms with Gasteiger partial charge in [0.1, 0.15) is 5.82 Å². The molecule has 1 N–H and O–H groups in total. The van der Waals surface area contributed by atoms with Crippen LogP contribution in [0.2, 0.25) is 0 Å². The Balaban J connectivity index is 1.31. The lowest BCUT2D eigenvalue weighted by molar-refractivity contribution is 0.319. The number of nitrogens with zero attached hydrogens (tertiary/aromatic N) is 4. The Morgan fingerprint density at radius 2 is 1.89 bits per heavy atom. The summed E-state index contributed by atoms with van der Waals surface area (Å²) < 4.78 is 13.1.